The van der Waals surface area contributed by atoms with Crippen LogP contribution in [0.3, 0.4) is 0 Å². The van der Waals surface area contributed by atoms with E-state index in [2.05, 4.69) is 0 Å². The Morgan fingerprint density at radius 2 is 0.582 bits per heavy atom. The number of rotatable bonds is 22. The largest absolute Gasteiger partial charge is 0.477 e. The molecular weight excluding hydrogens is 911 g/mol. The minimum absolute atomic E-state index is 0.671. The van der Waals surface area contributed by atoms with Crippen LogP contribution in [0.15, 0.2) is 0 Å². The minimum atomic E-state index is -5.83. The summed E-state index contributed by atoms with van der Waals surface area (Å²) in [5.74, 6) is -13.3. The molecule has 384 valence electrons. The first-order valence-corrected chi connectivity index (χ1v) is 23.9. The van der Waals surface area contributed by atoms with Crippen LogP contribution in [0.25, 0.3) is 0 Å². The summed E-state index contributed by atoms with van der Waals surface area (Å²) < 4.78 is 83.1. The fraction of sp³-hybridized carbons (Fsp3) is 0.818. The monoisotopic (exact) mass is 982 g/mol. The Hall–Kier alpha value is -4.21. The summed E-state index contributed by atoms with van der Waals surface area (Å²) in [5.41, 5.74) is 0. The van der Waals surface area contributed by atoms with Gasteiger partial charge in [0.15, 0.2) is 36.6 Å². The second-order valence-corrected chi connectivity index (χ2v) is 20.0. The molecule has 1 N–H and O–H groups in total. The second-order valence-electron chi connectivity index (χ2n) is 18.7. The molecule has 10 atom stereocenters. The van der Waals surface area contributed by atoms with Crippen molar-refractivity contribution >= 4 is 55.6 Å². The van der Waals surface area contributed by atoms with E-state index in [4.69, 9.17) is 56.4 Å². The van der Waals surface area contributed by atoms with Gasteiger partial charge in [-0.25, -0.2) is 4.57 Å². The van der Waals surface area contributed by atoms with Gasteiger partial charge in [0.05, 0.1) is 47.3 Å². The Kier molecular flexibility index (Phi) is 22.8. The topological polar surface area (TPSA) is 285 Å². The fourth-order valence-electron chi connectivity index (χ4n) is 5.57. The van der Waals surface area contributed by atoms with Crippen LogP contribution in [0.4, 0.5) is 0 Å². The quantitative estimate of drug-likeness (QED) is 0.0895. The van der Waals surface area contributed by atoms with E-state index in [-0.39, 0.29) is 0 Å². The summed E-state index contributed by atoms with van der Waals surface area (Å²) >= 11 is 0. The molecule has 0 bridgehead atoms. The van der Waals surface area contributed by atoms with Crippen LogP contribution < -0.4 is 0 Å². The zero-order valence-corrected chi connectivity index (χ0v) is 42.2. The standard InChI is InChI=1S/C44H71O22P/c1-19(2)35(45)55-17-27-29(59-37(47)21(5)6)31(61-39(49)23(9)10)33(63-41(51)25(13)14)43(57-27)65-67(53,54)66-44-34(64-42(52)26(15)16)32(62-40(50)24(11)12)30(60-38(48)22(7)8)28(58-44)18-56-36(46)20(3)4/h19-34,43-44H,17-18H2,1-16H3,(H,53,54)/t27-,28-,29-,30-,31+,32+,33+,34+,43-,44-/m1/s1. The van der Waals surface area contributed by atoms with Gasteiger partial charge in [-0.05, 0) is 0 Å². The average molecular weight is 983 g/mol. The van der Waals surface area contributed by atoms with Crippen molar-refractivity contribution in [2.75, 3.05) is 13.2 Å². The molecule has 0 aliphatic carbocycles. The molecule has 67 heavy (non-hydrogen) atoms. The molecule has 0 aromatic rings. The number of carbonyl (C=O) groups is 8. The number of phosphoric ester groups is 1. The van der Waals surface area contributed by atoms with E-state index in [0.717, 1.165) is 0 Å². The van der Waals surface area contributed by atoms with Gasteiger partial charge in [0.25, 0.3) is 0 Å². The molecule has 2 fully saturated rings. The summed E-state index contributed by atoms with van der Waals surface area (Å²) in [6.45, 7) is 22.4. The van der Waals surface area contributed by atoms with E-state index in [0.29, 0.717) is 0 Å². The number of esters is 8. The summed E-state index contributed by atoms with van der Waals surface area (Å²) in [6, 6.07) is 0. The van der Waals surface area contributed by atoms with Crippen LogP contribution >= 0.6 is 7.82 Å². The first kappa shape index (κ1) is 58.9. The second kappa shape index (κ2) is 26.0. The van der Waals surface area contributed by atoms with Crippen molar-refractivity contribution in [2.45, 2.75) is 172 Å². The van der Waals surface area contributed by atoms with E-state index in [9.17, 15) is 47.8 Å². The summed E-state index contributed by atoms with van der Waals surface area (Å²) in [4.78, 5) is 117. The molecule has 0 amide bonds. The predicted octanol–water partition coefficient (Wildman–Crippen LogP) is 4.38. The third-order valence-electron chi connectivity index (χ3n) is 9.72. The molecule has 2 saturated heterocycles. The van der Waals surface area contributed by atoms with E-state index < -0.39 is 178 Å². The van der Waals surface area contributed by atoms with Crippen LogP contribution in [-0.4, -0.2) is 127 Å². The molecule has 0 radical (unpaired) electrons. The first-order valence-electron chi connectivity index (χ1n) is 22.4. The van der Waals surface area contributed by atoms with Gasteiger partial charge in [-0.3, -0.25) is 47.4 Å². The lowest BCUT2D eigenvalue weighted by atomic mass is 9.97. The fourth-order valence-corrected chi connectivity index (χ4v) is 6.48. The highest BCUT2D eigenvalue weighted by Gasteiger charge is 2.58. The number of hydrogen-bond acceptors (Lipinski definition) is 21. The molecule has 23 heteroatoms. The van der Waals surface area contributed by atoms with Crippen molar-refractivity contribution in [2.24, 2.45) is 47.3 Å². The highest BCUT2D eigenvalue weighted by Crippen LogP contribution is 2.51. The third-order valence-corrected chi connectivity index (χ3v) is 10.7. The molecular formula is C44H71O22P. The van der Waals surface area contributed by atoms with Crippen LogP contribution in [0.2, 0.25) is 0 Å². The van der Waals surface area contributed by atoms with Gasteiger partial charge in [0, 0.05) is 0 Å². The first-order chi connectivity index (χ1) is 30.9. The van der Waals surface area contributed by atoms with Crippen molar-refractivity contribution in [3.8, 4) is 0 Å². The average Bonchev–Trinajstić information content (AvgIpc) is 3.21. The molecule has 2 aliphatic rings. The molecule has 2 aliphatic heterocycles. The Bertz CT molecular complexity index is 1650. The van der Waals surface area contributed by atoms with Crippen molar-refractivity contribution in [1.82, 2.24) is 0 Å². The highest BCUT2D eigenvalue weighted by atomic mass is 31.2. The maximum absolute atomic E-state index is 14.5. The SMILES string of the molecule is CC(C)C(=O)OC[C@H]1O[C@H](OP(=O)(O)O[C@H]2O[C@H](COC(=O)C(C)C)[C@@H](OC(=O)C(C)C)[C@H](OC(=O)C(C)C)[C@@H]2OC(=O)C(C)C)[C@@H](OC(=O)C(C)C)[C@@H](OC(=O)C(C)C)[C@@H]1OC(=O)C(C)C. The van der Waals surface area contributed by atoms with Gasteiger partial charge < -0.3 is 52.3 Å². The summed E-state index contributed by atoms with van der Waals surface area (Å²) in [5, 5.41) is 0. The smallest absolute Gasteiger partial charge is 0.463 e. The minimum Gasteiger partial charge on any atom is -0.463 e. The van der Waals surface area contributed by atoms with Gasteiger partial charge in [-0.1, -0.05) is 111 Å². The molecule has 0 unspecified atom stereocenters. The van der Waals surface area contributed by atoms with Gasteiger partial charge in [-0.15, -0.1) is 0 Å². The predicted molar refractivity (Wildman–Crippen MR) is 229 cm³/mol. The Morgan fingerprint density at radius 1 is 0.373 bits per heavy atom. The Labute approximate surface area is 391 Å². The van der Waals surface area contributed by atoms with Gasteiger partial charge in [0.2, 0.25) is 12.6 Å². The zero-order valence-electron chi connectivity index (χ0n) is 41.3. The van der Waals surface area contributed by atoms with E-state index >= 15 is 0 Å². The number of carbonyl (C=O) groups excluding carboxylic acids is 8. The Balaban J connectivity index is 2.90. The van der Waals surface area contributed by atoms with Crippen LogP contribution in [0.1, 0.15) is 111 Å². The molecule has 0 spiro atoms. The van der Waals surface area contributed by atoms with Gasteiger partial charge >= 0.3 is 55.6 Å². The van der Waals surface area contributed by atoms with Crippen LogP contribution in [0.5, 0.6) is 0 Å². The highest BCUT2D eigenvalue weighted by molar-refractivity contribution is 7.47. The summed E-state index contributed by atoms with van der Waals surface area (Å²) in [6.07, 6.45) is -19.0. The van der Waals surface area contributed by atoms with Gasteiger partial charge in [-0.2, -0.15) is 0 Å². The normalized spacial score (nSPS) is 26.3. The number of phosphoric acid groups is 1. The molecule has 2 rings (SSSR count). The van der Waals surface area contributed by atoms with E-state index in [1.807, 2.05) is 0 Å². The molecule has 22 nitrogen and oxygen atoms in total. The lowest BCUT2D eigenvalue weighted by Gasteiger charge is -2.46. The molecule has 2 heterocycles. The molecule has 0 aromatic heterocycles. The third kappa shape index (κ3) is 17.7. The van der Waals surface area contributed by atoms with Crippen molar-refractivity contribution in [3.05, 3.63) is 0 Å². The number of ether oxygens (including phenoxy) is 10. The number of hydrogen-bond donors (Lipinski definition) is 1. The van der Waals surface area contributed by atoms with Crippen LogP contribution in [0, 0.1) is 47.3 Å². The summed E-state index contributed by atoms with van der Waals surface area (Å²) in [7, 11) is -5.83. The maximum atomic E-state index is 14.5. The lowest BCUT2D eigenvalue weighted by molar-refractivity contribution is -0.306. The molecule has 0 saturated carbocycles. The van der Waals surface area contributed by atoms with Gasteiger partial charge in [0.1, 0.15) is 25.4 Å². The van der Waals surface area contributed by atoms with Crippen LogP contribution in [-0.2, 0) is 99.3 Å². The maximum Gasteiger partial charge on any atom is 0.477 e. The zero-order chi connectivity index (χ0) is 51.4. The lowest BCUT2D eigenvalue weighted by Crippen LogP contribution is -2.64. The Morgan fingerprint density at radius 3 is 0.806 bits per heavy atom. The van der Waals surface area contributed by atoms with E-state index in [1.165, 1.54) is 111 Å². The van der Waals surface area contributed by atoms with Crippen molar-refractivity contribution < 1.29 is 104 Å². The van der Waals surface area contributed by atoms with Crippen molar-refractivity contribution in [3.63, 3.8) is 0 Å². The molecule has 0 aromatic carbocycles. The van der Waals surface area contributed by atoms with Crippen molar-refractivity contribution in [1.29, 1.82) is 0 Å². The van der Waals surface area contributed by atoms with E-state index in [1.54, 1.807) is 0 Å².